The summed E-state index contributed by atoms with van der Waals surface area (Å²) in [6.07, 6.45) is 15.0. The molecule has 0 radical (unpaired) electrons. The van der Waals surface area contributed by atoms with Crippen molar-refractivity contribution in [1.82, 2.24) is 14.9 Å². The summed E-state index contributed by atoms with van der Waals surface area (Å²) in [6.45, 7) is 4.93. The summed E-state index contributed by atoms with van der Waals surface area (Å²) in [6, 6.07) is 2.84. The van der Waals surface area contributed by atoms with E-state index in [0.717, 1.165) is 24.1 Å². The molecular weight excluding hydrogens is 348 g/mol. The van der Waals surface area contributed by atoms with Gasteiger partial charge in [0.2, 0.25) is 5.91 Å². The van der Waals surface area contributed by atoms with E-state index in [0.29, 0.717) is 23.4 Å². The number of anilines is 1. The minimum absolute atomic E-state index is 0.130. The minimum atomic E-state index is 0.130. The highest BCUT2D eigenvalue weighted by Crippen LogP contribution is 2.64. The van der Waals surface area contributed by atoms with Gasteiger partial charge in [0.1, 0.15) is 12.1 Å². The van der Waals surface area contributed by atoms with Gasteiger partial charge in [0, 0.05) is 30.7 Å². The Morgan fingerprint density at radius 3 is 2.79 bits per heavy atom. The Kier molecular flexibility index (Phi) is 4.08. The monoisotopic (exact) mass is 380 g/mol. The normalized spacial score (nSPS) is 44.6. The standard InChI is InChI=1S/C23H32N4O/c1-22-11-8-17-15(4-7-19-23(17,2)12-9-21(28)27(19)3)16(22)5-6-18(22)26-20-10-13-24-14-25-20/h9-10,12-19H,4-8,11H2,1-3H3,(H,24,25,26)/t15-,16-,17+,18?,19?,22-,23+/m0/s1. The molecule has 4 aliphatic rings. The van der Waals surface area contributed by atoms with E-state index in [1.165, 1.54) is 32.1 Å². The predicted molar refractivity (Wildman–Crippen MR) is 110 cm³/mol. The maximum Gasteiger partial charge on any atom is 0.246 e. The average Bonchev–Trinajstić information content (AvgIpc) is 3.02. The van der Waals surface area contributed by atoms with Crippen LogP contribution in [0.3, 0.4) is 0 Å². The molecule has 1 N–H and O–H groups in total. The topological polar surface area (TPSA) is 58.1 Å². The van der Waals surface area contributed by atoms with Gasteiger partial charge in [-0.15, -0.1) is 0 Å². The Bertz CT molecular complexity index is 795. The lowest BCUT2D eigenvalue weighted by atomic mass is 9.48. The number of rotatable bonds is 2. The zero-order chi connectivity index (χ0) is 19.5. The Labute approximate surface area is 168 Å². The van der Waals surface area contributed by atoms with Gasteiger partial charge < -0.3 is 10.2 Å². The third-order valence-electron chi connectivity index (χ3n) is 9.03. The molecule has 5 nitrogen and oxygen atoms in total. The largest absolute Gasteiger partial charge is 0.367 e. The smallest absolute Gasteiger partial charge is 0.246 e. The van der Waals surface area contributed by atoms with Crippen LogP contribution >= 0.6 is 0 Å². The molecule has 3 aliphatic carbocycles. The van der Waals surface area contributed by atoms with E-state index in [2.05, 4.69) is 35.2 Å². The number of likely N-dealkylation sites (N-methyl/N-ethyl adjacent to an activating group) is 1. The first kappa shape index (κ1) is 18.1. The molecule has 0 aromatic carbocycles. The van der Waals surface area contributed by atoms with Crippen LogP contribution in [0.2, 0.25) is 0 Å². The molecule has 5 rings (SSSR count). The molecule has 1 amide bonds. The average molecular weight is 381 g/mol. The molecule has 1 aromatic heterocycles. The van der Waals surface area contributed by atoms with E-state index in [9.17, 15) is 4.79 Å². The number of amides is 1. The summed E-state index contributed by atoms with van der Waals surface area (Å²) < 4.78 is 0. The van der Waals surface area contributed by atoms with Gasteiger partial charge in [0.25, 0.3) is 0 Å². The van der Waals surface area contributed by atoms with Gasteiger partial charge in [0.05, 0.1) is 0 Å². The fraction of sp³-hybridized carbons (Fsp3) is 0.696. The second kappa shape index (κ2) is 6.30. The number of aromatic nitrogens is 2. The Morgan fingerprint density at radius 1 is 1.14 bits per heavy atom. The molecule has 3 saturated carbocycles. The molecule has 5 heteroatoms. The third-order valence-corrected chi connectivity index (χ3v) is 9.03. The zero-order valence-corrected chi connectivity index (χ0v) is 17.3. The SMILES string of the molecule is CN1C(=O)C=C[C@@]2(C)C1CC[C@@H]1[C@H]2CC[C@]2(C)C(Nc3ccncn3)CC[C@@H]12. The van der Waals surface area contributed by atoms with Crippen molar-refractivity contribution >= 4 is 11.7 Å². The van der Waals surface area contributed by atoms with Crippen LogP contribution in [0.15, 0.2) is 30.7 Å². The van der Waals surface area contributed by atoms with Crippen molar-refractivity contribution in [2.24, 2.45) is 28.6 Å². The van der Waals surface area contributed by atoms with Crippen LogP contribution in [-0.2, 0) is 4.79 Å². The van der Waals surface area contributed by atoms with Gasteiger partial charge in [-0.25, -0.2) is 9.97 Å². The molecule has 0 spiro atoms. The van der Waals surface area contributed by atoms with Crippen molar-refractivity contribution in [3.8, 4) is 0 Å². The first-order chi connectivity index (χ1) is 13.4. The molecule has 28 heavy (non-hydrogen) atoms. The predicted octanol–water partition coefficient (Wildman–Crippen LogP) is 3.90. The lowest BCUT2D eigenvalue weighted by Crippen LogP contribution is -2.60. The molecule has 2 unspecified atom stereocenters. The molecule has 3 fully saturated rings. The molecule has 0 bridgehead atoms. The fourth-order valence-electron chi connectivity index (χ4n) is 7.53. The Morgan fingerprint density at radius 2 is 2.00 bits per heavy atom. The molecule has 150 valence electrons. The number of fused-ring (bicyclic) bond motifs is 5. The van der Waals surface area contributed by atoms with E-state index in [1.807, 2.05) is 30.3 Å². The number of hydrogen-bond donors (Lipinski definition) is 1. The van der Waals surface area contributed by atoms with Crippen molar-refractivity contribution in [2.75, 3.05) is 12.4 Å². The molecule has 7 atom stereocenters. The number of nitrogens with zero attached hydrogens (tertiary/aromatic N) is 3. The minimum Gasteiger partial charge on any atom is -0.367 e. The second-order valence-corrected chi connectivity index (χ2v) is 10.0. The summed E-state index contributed by atoms with van der Waals surface area (Å²) >= 11 is 0. The number of hydrogen-bond acceptors (Lipinski definition) is 4. The van der Waals surface area contributed by atoms with Gasteiger partial charge in [0.15, 0.2) is 0 Å². The van der Waals surface area contributed by atoms with Gasteiger partial charge in [-0.1, -0.05) is 19.9 Å². The van der Waals surface area contributed by atoms with Crippen LogP contribution in [0.5, 0.6) is 0 Å². The maximum absolute atomic E-state index is 12.2. The van der Waals surface area contributed by atoms with E-state index < -0.39 is 0 Å². The Hall–Kier alpha value is -1.91. The van der Waals surface area contributed by atoms with Crippen LogP contribution in [0, 0.1) is 28.6 Å². The maximum atomic E-state index is 12.2. The zero-order valence-electron chi connectivity index (χ0n) is 17.3. The summed E-state index contributed by atoms with van der Waals surface area (Å²) in [5.41, 5.74) is 0.459. The van der Waals surface area contributed by atoms with Crippen LogP contribution in [0.4, 0.5) is 5.82 Å². The second-order valence-electron chi connectivity index (χ2n) is 10.0. The first-order valence-electron chi connectivity index (χ1n) is 10.9. The number of carbonyl (C=O) groups is 1. The van der Waals surface area contributed by atoms with E-state index in [1.54, 1.807) is 6.33 Å². The van der Waals surface area contributed by atoms with Crippen LogP contribution < -0.4 is 5.32 Å². The first-order valence-corrected chi connectivity index (χ1v) is 10.9. The van der Waals surface area contributed by atoms with Crippen molar-refractivity contribution in [2.45, 2.75) is 64.5 Å². The van der Waals surface area contributed by atoms with Crippen LogP contribution in [0.25, 0.3) is 0 Å². The van der Waals surface area contributed by atoms with Crippen LogP contribution in [0.1, 0.15) is 52.4 Å². The van der Waals surface area contributed by atoms with E-state index >= 15 is 0 Å². The quantitative estimate of drug-likeness (QED) is 0.845. The van der Waals surface area contributed by atoms with Gasteiger partial charge in [-0.2, -0.15) is 0 Å². The van der Waals surface area contributed by atoms with E-state index in [4.69, 9.17) is 0 Å². The lowest BCUT2D eigenvalue weighted by Gasteiger charge is -2.60. The summed E-state index contributed by atoms with van der Waals surface area (Å²) in [5, 5.41) is 3.74. The van der Waals surface area contributed by atoms with E-state index in [-0.39, 0.29) is 11.3 Å². The highest BCUT2D eigenvalue weighted by molar-refractivity contribution is 5.89. The fourth-order valence-corrected chi connectivity index (χ4v) is 7.53. The van der Waals surface area contributed by atoms with Crippen molar-refractivity contribution in [3.63, 3.8) is 0 Å². The third kappa shape index (κ3) is 2.47. The molecule has 1 aliphatic heterocycles. The molecular formula is C23H32N4O. The Balaban J connectivity index is 1.41. The van der Waals surface area contributed by atoms with Crippen LogP contribution in [-0.4, -0.2) is 39.9 Å². The van der Waals surface area contributed by atoms with Gasteiger partial charge in [-0.05, 0) is 73.8 Å². The summed E-state index contributed by atoms with van der Waals surface area (Å²) in [4.78, 5) is 22.7. The molecule has 1 aromatic rings. The number of carbonyl (C=O) groups excluding carboxylic acids is 1. The highest BCUT2D eigenvalue weighted by Gasteiger charge is 2.60. The van der Waals surface area contributed by atoms with Gasteiger partial charge >= 0.3 is 0 Å². The molecule has 2 heterocycles. The van der Waals surface area contributed by atoms with Gasteiger partial charge in [-0.3, -0.25) is 4.79 Å². The lowest BCUT2D eigenvalue weighted by molar-refractivity contribution is -0.138. The molecule has 0 saturated heterocycles. The highest BCUT2D eigenvalue weighted by atomic mass is 16.2. The van der Waals surface area contributed by atoms with Crippen molar-refractivity contribution < 1.29 is 4.79 Å². The van der Waals surface area contributed by atoms with Crippen molar-refractivity contribution in [1.29, 1.82) is 0 Å². The summed E-state index contributed by atoms with van der Waals surface area (Å²) in [7, 11) is 2.00. The summed E-state index contributed by atoms with van der Waals surface area (Å²) in [5.74, 6) is 3.35. The number of nitrogens with one attached hydrogen (secondary N) is 1. The van der Waals surface area contributed by atoms with Crippen molar-refractivity contribution in [3.05, 3.63) is 30.7 Å².